The van der Waals surface area contributed by atoms with Gasteiger partial charge in [0.25, 0.3) is 0 Å². The molecule has 1 fully saturated rings. The minimum atomic E-state index is 0.203. The number of rotatable bonds is 4. The topological polar surface area (TPSA) is 83.8 Å². The van der Waals surface area contributed by atoms with Gasteiger partial charge in [-0.2, -0.15) is 0 Å². The van der Waals surface area contributed by atoms with Gasteiger partial charge in [0.2, 0.25) is 5.95 Å². The van der Waals surface area contributed by atoms with Crippen LogP contribution in [0.4, 0.5) is 17.3 Å². The minimum absolute atomic E-state index is 0.203. The van der Waals surface area contributed by atoms with Crippen LogP contribution in [-0.2, 0) is 0 Å². The van der Waals surface area contributed by atoms with E-state index >= 15 is 0 Å². The number of anilines is 3. The second-order valence-electron chi connectivity index (χ2n) is 7.60. The van der Waals surface area contributed by atoms with Gasteiger partial charge in [0.1, 0.15) is 16.6 Å². The Bertz CT molecular complexity index is 1140. The summed E-state index contributed by atoms with van der Waals surface area (Å²) < 4.78 is 1.91. The largest absolute Gasteiger partial charge is 0.369 e. The van der Waals surface area contributed by atoms with E-state index < -0.39 is 0 Å². The standard InChI is InChI=1S/C21H24N8/c1-14(2)29-20-18(26-27-29)8-3-15-13-23-21(25-19(15)20)24-16-4-6-17(7-5-16)28-11-9-22-10-12-28/h3-8,13-14,22H,9-12H2,1-2H3,(H,23,24,25). The number of hydrogen-bond acceptors (Lipinski definition) is 7. The third-order valence-electron chi connectivity index (χ3n) is 5.28. The Balaban J connectivity index is 1.46. The van der Waals surface area contributed by atoms with Crippen molar-refractivity contribution in [2.45, 2.75) is 19.9 Å². The Labute approximate surface area is 168 Å². The number of benzene rings is 2. The van der Waals surface area contributed by atoms with E-state index in [0.29, 0.717) is 5.95 Å². The number of hydrogen-bond donors (Lipinski definition) is 2. The first-order valence-electron chi connectivity index (χ1n) is 10.0. The average molecular weight is 388 g/mol. The molecule has 0 saturated carbocycles. The average Bonchev–Trinajstić information content (AvgIpc) is 3.20. The van der Waals surface area contributed by atoms with Gasteiger partial charge in [0.15, 0.2) is 0 Å². The first kappa shape index (κ1) is 17.8. The van der Waals surface area contributed by atoms with E-state index in [0.717, 1.165) is 53.8 Å². The normalized spacial score (nSPS) is 14.8. The molecule has 0 radical (unpaired) electrons. The van der Waals surface area contributed by atoms with Gasteiger partial charge in [-0.25, -0.2) is 14.6 Å². The summed E-state index contributed by atoms with van der Waals surface area (Å²) in [6.45, 7) is 8.31. The summed E-state index contributed by atoms with van der Waals surface area (Å²) in [5, 5.41) is 16.3. The molecule has 29 heavy (non-hydrogen) atoms. The molecule has 1 aliphatic rings. The lowest BCUT2D eigenvalue weighted by atomic mass is 10.2. The summed E-state index contributed by atoms with van der Waals surface area (Å²) in [4.78, 5) is 11.7. The van der Waals surface area contributed by atoms with Crippen LogP contribution in [0.2, 0.25) is 0 Å². The third-order valence-corrected chi connectivity index (χ3v) is 5.28. The van der Waals surface area contributed by atoms with Gasteiger partial charge in [0, 0.05) is 55.2 Å². The molecule has 148 valence electrons. The van der Waals surface area contributed by atoms with Crippen molar-refractivity contribution in [3.8, 4) is 0 Å². The maximum absolute atomic E-state index is 4.78. The third kappa shape index (κ3) is 3.36. The van der Waals surface area contributed by atoms with Crippen molar-refractivity contribution >= 4 is 39.3 Å². The molecular weight excluding hydrogens is 364 g/mol. The van der Waals surface area contributed by atoms with Crippen LogP contribution in [0, 0.1) is 0 Å². The molecule has 1 aliphatic heterocycles. The number of nitrogens with one attached hydrogen (secondary N) is 2. The van der Waals surface area contributed by atoms with Crippen molar-refractivity contribution in [2.75, 3.05) is 36.4 Å². The number of aromatic nitrogens is 5. The van der Waals surface area contributed by atoms with E-state index in [4.69, 9.17) is 4.98 Å². The molecule has 0 spiro atoms. The lowest BCUT2D eigenvalue weighted by molar-refractivity contribution is 0.531. The quantitative estimate of drug-likeness (QED) is 0.556. The van der Waals surface area contributed by atoms with Crippen molar-refractivity contribution in [2.24, 2.45) is 0 Å². The zero-order valence-electron chi connectivity index (χ0n) is 16.6. The van der Waals surface area contributed by atoms with Crippen LogP contribution in [0.1, 0.15) is 19.9 Å². The Morgan fingerprint density at radius 2 is 1.83 bits per heavy atom. The summed E-state index contributed by atoms with van der Waals surface area (Å²) in [5.74, 6) is 0.566. The summed E-state index contributed by atoms with van der Waals surface area (Å²) in [5.41, 5.74) is 4.85. The molecule has 8 nitrogen and oxygen atoms in total. The molecule has 2 N–H and O–H groups in total. The highest BCUT2D eigenvalue weighted by molar-refractivity contribution is 6.01. The molecule has 0 aliphatic carbocycles. The second kappa shape index (κ2) is 7.29. The first-order valence-corrected chi connectivity index (χ1v) is 10.0. The van der Waals surface area contributed by atoms with Crippen LogP contribution in [-0.4, -0.2) is 51.1 Å². The minimum Gasteiger partial charge on any atom is -0.369 e. The van der Waals surface area contributed by atoms with Crippen LogP contribution in [0.5, 0.6) is 0 Å². The highest BCUT2D eigenvalue weighted by Crippen LogP contribution is 2.26. The van der Waals surface area contributed by atoms with Gasteiger partial charge in [-0.3, -0.25) is 0 Å². The lowest BCUT2D eigenvalue weighted by Gasteiger charge is -2.29. The van der Waals surface area contributed by atoms with Gasteiger partial charge < -0.3 is 15.5 Å². The highest BCUT2D eigenvalue weighted by atomic mass is 15.4. The molecule has 8 heteroatoms. The maximum atomic E-state index is 4.78. The molecule has 0 unspecified atom stereocenters. The van der Waals surface area contributed by atoms with Gasteiger partial charge in [0.05, 0.1) is 0 Å². The van der Waals surface area contributed by atoms with Crippen molar-refractivity contribution in [3.63, 3.8) is 0 Å². The Morgan fingerprint density at radius 3 is 2.59 bits per heavy atom. The zero-order valence-corrected chi connectivity index (χ0v) is 16.6. The smallest absolute Gasteiger partial charge is 0.227 e. The second-order valence-corrected chi connectivity index (χ2v) is 7.60. The molecule has 0 atom stereocenters. The summed E-state index contributed by atoms with van der Waals surface area (Å²) in [6.07, 6.45) is 1.84. The van der Waals surface area contributed by atoms with Gasteiger partial charge >= 0.3 is 0 Å². The van der Waals surface area contributed by atoms with E-state index in [9.17, 15) is 0 Å². The summed E-state index contributed by atoms with van der Waals surface area (Å²) in [7, 11) is 0. The van der Waals surface area contributed by atoms with Gasteiger partial charge in [-0.1, -0.05) is 5.21 Å². The number of fused-ring (bicyclic) bond motifs is 3. The number of nitrogens with zero attached hydrogens (tertiary/aromatic N) is 6. The SMILES string of the molecule is CC(C)n1nnc2ccc3cnc(Nc4ccc(N5CCNCC5)cc4)nc3c21. The Morgan fingerprint density at radius 1 is 1.03 bits per heavy atom. The fourth-order valence-electron chi connectivity index (χ4n) is 3.75. The van der Waals surface area contributed by atoms with Crippen LogP contribution in [0.25, 0.3) is 21.9 Å². The molecule has 5 rings (SSSR count). The molecule has 0 amide bonds. The molecule has 2 aromatic heterocycles. The van der Waals surface area contributed by atoms with Crippen LogP contribution < -0.4 is 15.5 Å². The van der Waals surface area contributed by atoms with Gasteiger partial charge in [-0.05, 0) is 50.2 Å². The summed E-state index contributed by atoms with van der Waals surface area (Å²) in [6, 6.07) is 12.6. The van der Waals surface area contributed by atoms with E-state index in [2.05, 4.69) is 68.9 Å². The van der Waals surface area contributed by atoms with E-state index in [1.165, 1.54) is 5.69 Å². The van der Waals surface area contributed by atoms with Crippen LogP contribution in [0.3, 0.4) is 0 Å². The van der Waals surface area contributed by atoms with E-state index in [-0.39, 0.29) is 6.04 Å². The van der Waals surface area contributed by atoms with Crippen LogP contribution >= 0.6 is 0 Å². The maximum Gasteiger partial charge on any atom is 0.227 e. The molecule has 0 bridgehead atoms. The Kier molecular flexibility index (Phi) is 4.48. The van der Waals surface area contributed by atoms with Crippen LogP contribution in [0.15, 0.2) is 42.6 Å². The molecule has 4 aromatic rings. The molecule has 1 saturated heterocycles. The highest BCUT2D eigenvalue weighted by Gasteiger charge is 2.14. The van der Waals surface area contributed by atoms with Crippen molar-refractivity contribution in [1.29, 1.82) is 0 Å². The molecule has 3 heterocycles. The predicted octanol–water partition coefficient (Wildman–Crippen LogP) is 3.11. The fourth-order valence-corrected chi connectivity index (χ4v) is 3.75. The zero-order chi connectivity index (χ0) is 19.8. The predicted molar refractivity (Wildman–Crippen MR) is 116 cm³/mol. The van der Waals surface area contributed by atoms with E-state index in [1.807, 2.05) is 23.0 Å². The molecular formula is C21H24N8. The monoisotopic (exact) mass is 388 g/mol. The van der Waals surface area contributed by atoms with Crippen molar-refractivity contribution in [1.82, 2.24) is 30.3 Å². The first-order chi connectivity index (χ1) is 14.2. The molecule has 2 aromatic carbocycles. The number of piperazine rings is 1. The summed E-state index contributed by atoms with van der Waals surface area (Å²) >= 11 is 0. The Hall–Kier alpha value is -3.26. The van der Waals surface area contributed by atoms with Crippen molar-refractivity contribution in [3.05, 3.63) is 42.6 Å². The fraction of sp³-hybridized carbons (Fsp3) is 0.333. The van der Waals surface area contributed by atoms with Gasteiger partial charge in [-0.15, -0.1) is 5.10 Å². The van der Waals surface area contributed by atoms with E-state index in [1.54, 1.807) is 0 Å². The van der Waals surface area contributed by atoms with Crippen molar-refractivity contribution < 1.29 is 0 Å². The lowest BCUT2D eigenvalue weighted by Crippen LogP contribution is -2.43.